The fourth-order valence-electron chi connectivity index (χ4n) is 4.60. The van der Waals surface area contributed by atoms with Gasteiger partial charge in [0.2, 0.25) is 0 Å². The molecule has 9 nitrogen and oxygen atoms in total. The number of ether oxygens (including phenoxy) is 1. The first kappa shape index (κ1) is 21.5. The van der Waals surface area contributed by atoms with E-state index in [4.69, 9.17) is 9.57 Å². The van der Waals surface area contributed by atoms with E-state index >= 15 is 0 Å². The smallest absolute Gasteiger partial charge is 0.343 e. The molecular formula is C23H22FN3O6. The van der Waals surface area contributed by atoms with Gasteiger partial charge < -0.3 is 24.4 Å². The van der Waals surface area contributed by atoms with Gasteiger partial charge in [-0.05, 0) is 18.6 Å². The number of aromatic nitrogens is 2. The summed E-state index contributed by atoms with van der Waals surface area (Å²) >= 11 is 0. The number of aromatic hydroxyl groups is 1. The summed E-state index contributed by atoms with van der Waals surface area (Å²) in [6, 6.07) is 4.30. The van der Waals surface area contributed by atoms with Crippen LogP contribution in [0.2, 0.25) is 0 Å². The van der Waals surface area contributed by atoms with E-state index in [-0.39, 0.29) is 48.5 Å². The van der Waals surface area contributed by atoms with E-state index in [1.807, 2.05) is 0 Å². The number of phenols is 1. The molecule has 172 valence electrons. The first-order valence-electron chi connectivity index (χ1n) is 10.5. The van der Waals surface area contributed by atoms with Crippen molar-refractivity contribution in [2.24, 2.45) is 0 Å². The van der Waals surface area contributed by atoms with Crippen LogP contribution in [0.4, 0.5) is 4.39 Å². The predicted molar refractivity (Wildman–Crippen MR) is 115 cm³/mol. The highest BCUT2D eigenvalue weighted by Gasteiger charge is 2.45. The van der Waals surface area contributed by atoms with Gasteiger partial charge in [0, 0.05) is 35.2 Å². The van der Waals surface area contributed by atoms with E-state index in [1.165, 1.54) is 16.7 Å². The zero-order chi connectivity index (χ0) is 23.7. The molecule has 3 aromatic rings. The molecule has 4 heterocycles. The second-order valence-corrected chi connectivity index (χ2v) is 8.32. The number of hydrogen-bond donors (Lipinski definition) is 2. The van der Waals surface area contributed by atoms with Gasteiger partial charge in [-0.25, -0.2) is 14.2 Å². The van der Waals surface area contributed by atoms with Gasteiger partial charge in [0.1, 0.15) is 23.7 Å². The minimum absolute atomic E-state index is 0.0379. The zero-order valence-electron chi connectivity index (χ0n) is 18.3. The Hall–Kier alpha value is -3.34. The minimum atomic E-state index is -1.93. The van der Waals surface area contributed by atoms with Crippen LogP contribution in [0.15, 0.2) is 23.0 Å². The molecule has 33 heavy (non-hydrogen) atoms. The number of rotatable bonds is 4. The monoisotopic (exact) mass is 455 g/mol. The zero-order valence-corrected chi connectivity index (χ0v) is 18.3. The van der Waals surface area contributed by atoms with Crippen LogP contribution in [0.25, 0.3) is 22.3 Å². The molecule has 2 N–H and O–H groups in total. The van der Waals surface area contributed by atoms with Crippen LogP contribution in [0.1, 0.15) is 35.6 Å². The van der Waals surface area contributed by atoms with E-state index in [2.05, 4.69) is 4.98 Å². The lowest BCUT2D eigenvalue weighted by atomic mass is 9.86. The van der Waals surface area contributed by atoms with E-state index in [0.717, 1.165) is 6.07 Å². The van der Waals surface area contributed by atoms with Crippen molar-refractivity contribution in [2.45, 2.75) is 38.6 Å². The molecule has 10 heteroatoms. The van der Waals surface area contributed by atoms with Crippen molar-refractivity contribution >= 4 is 16.9 Å². The second-order valence-electron chi connectivity index (χ2n) is 8.32. The molecule has 2 aliphatic heterocycles. The lowest BCUT2D eigenvalue weighted by molar-refractivity contribution is -0.172. The number of hydrogen-bond acceptors (Lipinski definition) is 8. The Labute approximate surface area is 187 Å². The van der Waals surface area contributed by atoms with Crippen LogP contribution in [-0.2, 0) is 39.7 Å². The average molecular weight is 455 g/mol. The fourth-order valence-corrected chi connectivity index (χ4v) is 4.60. The Balaban J connectivity index is 1.75. The number of hydroxylamine groups is 2. The van der Waals surface area contributed by atoms with Crippen molar-refractivity contribution < 1.29 is 29.0 Å². The summed E-state index contributed by atoms with van der Waals surface area (Å²) in [5.41, 5.74) is 0.0751. The van der Waals surface area contributed by atoms with Crippen molar-refractivity contribution in [1.82, 2.24) is 14.6 Å². The van der Waals surface area contributed by atoms with Gasteiger partial charge in [0.05, 0.1) is 37.2 Å². The molecule has 0 saturated carbocycles. The maximum absolute atomic E-state index is 14.7. The predicted octanol–water partition coefficient (Wildman–Crippen LogP) is 1.92. The molecule has 0 unspecified atom stereocenters. The van der Waals surface area contributed by atoms with Crippen molar-refractivity contribution in [1.29, 1.82) is 0 Å². The molecule has 0 radical (unpaired) electrons. The largest absolute Gasteiger partial charge is 0.506 e. The normalized spacial score (nSPS) is 18.9. The Morgan fingerprint density at radius 2 is 2.09 bits per heavy atom. The van der Waals surface area contributed by atoms with Crippen LogP contribution in [0, 0.1) is 5.82 Å². The van der Waals surface area contributed by atoms with Gasteiger partial charge in [-0.2, -0.15) is 5.06 Å². The van der Waals surface area contributed by atoms with E-state index in [9.17, 15) is 24.2 Å². The van der Waals surface area contributed by atoms with Gasteiger partial charge in [0.25, 0.3) is 5.56 Å². The number of fused-ring (bicyclic) bond motifs is 5. The molecule has 0 saturated heterocycles. The third-order valence-electron chi connectivity index (χ3n) is 6.53. The summed E-state index contributed by atoms with van der Waals surface area (Å²) in [5, 5.41) is 23.2. The highest BCUT2D eigenvalue weighted by molar-refractivity contribution is 5.91. The molecule has 1 aromatic carbocycles. The van der Waals surface area contributed by atoms with E-state index < -0.39 is 22.9 Å². The number of esters is 1. The van der Waals surface area contributed by atoms with Gasteiger partial charge in [-0.15, -0.1) is 0 Å². The van der Waals surface area contributed by atoms with Crippen molar-refractivity contribution in [3.63, 3.8) is 0 Å². The van der Waals surface area contributed by atoms with E-state index in [1.54, 1.807) is 26.1 Å². The second kappa shape index (κ2) is 7.34. The Bertz CT molecular complexity index is 1400. The highest BCUT2D eigenvalue weighted by atomic mass is 19.1. The highest BCUT2D eigenvalue weighted by Crippen LogP contribution is 2.40. The van der Waals surface area contributed by atoms with Gasteiger partial charge >= 0.3 is 5.97 Å². The first-order chi connectivity index (χ1) is 15.7. The standard InChI is InChI=1S/C23H22FN3O6/c1-4-23(31)15-6-17-19-11(8-27(17)21(29)14(15)10-33-22(23)30)5-12-13(9-26(2)32-3)16(24)7-18(28)20(12)25-19/h5-7,28,31H,4,8-10H2,1-3H3/t23-/m0/s1. The maximum Gasteiger partial charge on any atom is 0.343 e. The molecule has 0 spiro atoms. The number of carbonyl (C=O) groups is 1. The number of aliphatic hydroxyl groups is 1. The molecule has 0 aliphatic carbocycles. The Kier molecular flexibility index (Phi) is 4.78. The molecule has 2 aliphatic rings. The van der Waals surface area contributed by atoms with Crippen LogP contribution in [-0.4, -0.2) is 45.0 Å². The molecule has 0 amide bonds. The molecular weight excluding hydrogens is 433 g/mol. The van der Waals surface area contributed by atoms with Crippen LogP contribution in [0.3, 0.4) is 0 Å². The first-order valence-corrected chi connectivity index (χ1v) is 10.5. The molecule has 1 atom stereocenters. The average Bonchev–Trinajstić information content (AvgIpc) is 3.16. The fraction of sp³-hybridized carbons (Fsp3) is 0.348. The summed E-state index contributed by atoms with van der Waals surface area (Å²) in [7, 11) is 3.12. The lowest BCUT2D eigenvalue weighted by Crippen LogP contribution is -2.44. The number of phenolic OH excluding ortho intramolecular Hbond substituents is 1. The third-order valence-corrected chi connectivity index (χ3v) is 6.53. The third kappa shape index (κ3) is 2.98. The van der Waals surface area contributed by atoms with Crippen LogP contribution in [0.5, 0.6) is 5.75 Å². The minimum Gasteiger partial charge on any atom is -0.506 e. The number of pyridine rings is 2. The number of benzene rings is 1. The van der Waals surface area contributed by atoms with Gasteiger partial charge in [0.15, 0.2) is 5.60 Å². The summed E-state index contributed by atoms with van der Waals surface area (Å²) in [4.78, 5) is 35.2. The molecule has 0 bridgehead atoms. The number of carbonyl (C=O) groups excluding carboxylic acids is 1. The topological polar surface area (TPSA) is 114 Å². The van der Waals surface area contributed by atoms with Crippen LogP contribution >= 0.6 is 0 Å². The van der Waals surface area contributed by atoms with Gasteiger partial charge in [-0.1, -0.05) is 6.92 Å². The SMILES string of the molecule is CC[C@@]1(O)C(=O)OCc2c1cc1n(c2=O)Cc2cc3c(CN(C)OC)c(F)cc(O)c3nc2-1. The van der Waals surface area contributed by atoms with Gasteiger partial charge in [-0.3, -0.25) is 4.79 Å². The van der Waals surface area contributed by atoms with Crippen molar-refractivity contribution in [2.75, 3.05) is 14.2 Å². The van der Waals surface area contributed by atoms with Crippen LogP contribution < -0.4 is 5.56 Å². The molecule has 2 aromatic heterocycles. The van der Waals surface area contributed by atoms with Crippen molar-refractivity contribution in [3.8, 4) is 17.1 Å². The van der Waals surface area contributed by atoms with Crippen molar-refractivity contribution in [3.05, 3.63) is 56.6 Å². The lowest BCUT2D eigenvalue weighted by Gasteiger charge is -2.31. The molecule has 0 fully saturated rings. The summed E-state index contributed by atoms with van der Waals surface area (Å²) in [5.74, 6) is -1.73. The summed E-state index contributed by atoms with van der Waals surface area (Å²) in [6.45, 7) is 1.70. The Morgan fingerprint density at radius 1 is 1.33 bits per heavy atom. The number of cyclic esters (lactones) is 1. The Morgan fingerprint density at radius 3 is 2.79 bits per heavy atom. The van der Waals surface area contributed by atoms with E-state index in [0.29, 0.717) is 27.9 Å². The summed E-state index contributed by atoms with van der Waals surface area (Å²) < 4.78 is 21.3. The number of halogens is 1. The number of nitrogens with zero attached hydrogens (tertiary/aromatic N) is 3. The quantitative estimate of drug-likeness (QED) is 0.354. The maximum atomic E-state index is 14.7. The molecule has 5 rings (SSSR count). The summed E-state index contributed by atoms with van der Waals surface area (Å²) in [6.07, 6.45) is 0.0379.